The van der Waals surface area contributed by atoms with Crippen LogP contribution in [0.25, 0.3) is 11.4 Å². The Morgan fingerprint density at radius 3 is 2.48 bits per heavy atom. The average Bonchev–Trinajstić information content (AvgIpc) is 3.12. The predicted octanol–water partition coefficient (Wildman–Crippen LogP) is 3.31. The number of methoxy groups -OCH3 is 1. The van der Waals surface area contributed by atoms with Crippen molar-refractivity contribution in [2.45, 2.75) is 13.0 Å². The Hall–Kier alpha value is -2.74. The van der Waals surface area contributed by atoms with Gasteiger partial charge in [0.1, 0.15) is 11.8 Å². The summed E-state index contributed by atoms with van der Waals surface area (Å²) in [6, 6.07) is 14.1. The van der Waals surface area contributed by atoms with E-state index in [1.54, 1.807) is 38.3 Å². The predicted molar refractivity (Wildman–Crippen MR) is 97.3 cm³/mol. The first-order chi connectivity index (χ1) is 12.1. The Morgan fingerprint density at radius 1 is 1.16 bits per heavy atom. The van der Waals surface area contributed by atoms with Gasteiger partial charge in [0.05, 0.1) is 7.11 Å². The van der Waals surface area contributed by atoms with Gasteiger partial charge in [-0.05, 0) is 60.7 Å². The van der Waals surface area contributed by atoms with Crippen molar-refractivity contribution in [2.75, 3.05) is 12.4 Å². The lowest BCUT2D eigenvalue weighted by atomic mass is 10.2. The molecule has 0 radical (unpaired) electrons. The summed E-state index contributed by atoms with van der Waals surface area (Å²) in [5.41, 5.74) is 1.50. The normalized spacial score (nSPS) is 11.8. The molecule has 1 heterocycles. The Labute approximate surface area is 153 Å². The second kappa shape index (κ2) is 7.43. The van der Waals surface area contributed by atoms with Crippen LogP contribution >= 0.6 is 15.9 Å². The van der Waals surface area contributed by atoms with E-state index in [1.165, 1.54) is 4.80 Å². The lowest BCUT2D eigenvalue weighted by Crippen LogP contribution is -2.25. The van der Waals surface area contributed by atoms with Crippen LogP contribution in [0.15, 0.2) is 53.0 Å². The third-order valence-electron chi connectivity index (χ3n) is 3.61. The summed E-state index contributed by atoms with van der Waals surface area (Å²) >= 11 is 3.38. The van der Waals surface area contributed by atoms with Gasteiger partial charge in [0.25, 0.3) is 5.91 Å². The Balaban J connectivity index is 1.70. The Kier molecular flexibility index (Phi) is 5.08. The number of carbonyl (C=O) groups excluding carboxylic acids is 1. The summed E-state index contributed by atoms with van der Waals surface area (Å²) in [5.74, 6) is 0.963. The van der Waals surface area contributed by atoms with E-state index in [2.05, 4.69) is 36.7 Å². The molecule has 0 aliphatic carbocycles. The van der Waals surface area contributed by atoms with Gasteiger partial charge in [-0.3, -0.25) is 4.79 Å². The molecular weight excluding hydrogens is 386 g/mol. The van der Waals surface area contributed by atoms with Gasteiger partial charge in [-0.15, -0.1) is 10.2 Å². The minimum Gasteiger partial charge on any atom is -0.497 e. The third-order valence-corrected chi connectivity index (χ3v) is 4.14. The number of ether oxygens (including phenoxy) is 1. The molecule has 0 fully saturated rings. The van der Waals surface area contributed by atoms with Crippen molar-refractivity contribution in [3.05, 3.63) is 53.0 Å². The molecule has 8 heteroatoms. The SMILES string of the molecule is COc1ccc(NC(=O)C(C)n2nnc(-c3ccc(Br)cc3)n2)cc1. The van der Waals surface area contributed by atoms with Gasteiger partial charge < -0.3 is 10.1 Å². The van der Waals surface area contributed by atoms with Gasteiger partial charge in [0.15, 0.2) is 0 Å². The van der Waals surface area contributed by atoms with Crippen molar-refractivity contribution in [2.24, 2.45) is 0 Å². The number of amides is 1. The van der Waals surface area contributed by atoms with Gasteiger partial charge in [0, 0.05) is 15.7 Å². The third kappa shape index (κ3) is 4.03. The summed E-state index contributed by atoms with van der Waals surface area (Å²) in [4.78, 5) is 13.7. The van der Waals surface area contributed by atoms with Crippen LogP contribution in [0, 0.1) is 0 Å². The van der Waals surface area contributed by atoms with Crippen molar-refractivity contribution in [1.29, 1.82) is 0 Å². The van der Waals surface area contributed by atoms with E-state index < -0.39 is 6.04 Å². The molecule has 3 rings (SSSR count). The summed E-state index contributed by atoms with van der Waals surface area (Å²) < 4.78 is 6.06. The Bertz CT molecular complexity index is 862. The second-order valence-corrected chi connectivity index (χ2v) is 6.25. The van der Waals surface area contributed by atoms with E-state index in [9.17, 15) is 4.79 Å². The Morgan fingerprint density at radius 2 is 1.84 bits per heavy atom. The van der Waals surface area contributed by atoms with Crippen LogP contribution < -0.4 is 10.1 Å². The van der Waals surface area contributed by atoms with Gasteiger partial charge >= 0.3 is 0 Å². The van der Waals surface area contributed by atoms with Crippen LogP contribution in [0.4, 0.5) is 5.69 Å². The van der Waals surface area contributed by atoms with E-state index in [0.29, 0.717) is 11.5 Å². The van der Waals surface area contributed by atoms with E-state index in [1.807, 2.05) is 24.3 Å². The summed E-state index contributed by atoms with van der Waals surface area (Å²) in [6.45, 7) is 1.71. The molecule has 7 nitrogen and oxygen atoms in total. The minimum absolute atomic E-state index is 0.232. The zero-order valence-corrected chi connectivity index (χ0v) is 15.3. The number of nitrogens with one attached hydrogen (secondary N) is 1. The fourth-order valence-electron chi connectivity index (χ4n) is 2.13. The van der Waals surface area contributed by atoms with Gasteiger partial charge in [0.2, 0.25) is 5.82 Å². The van der Waals surface area contributed by atoms with Gasteiger partial charge in [-0.1, -0.05) is 15.9 Å². The molecule has 0 spiro atoms. The topological polar surface area (TPSA) is 81.9 Å². The first-order valence-electron chi connectivity index (χ1n) is 7.57. The molecule has 128 valence electrons. The number of rotatable bonds is 5. The van der Waals surface area contributed by atoms with Crippen molar-refractivity contribution in [3.63, 3.8) is 0 Å². The zero-order chi connectivity index (χ0) is 17.8. The van der Waals surface area contributed by atoms with Crippen molar-refractivity contribution >= 4 is 27.5 Å². The zero-order valence-electron chi connectivity index (χ0n) is 13.7. The molecule has 0 aliphatic rings. The van der Waals surface area contributed by atoms with Crippen LogP contribution in [0.3, 0.4) is 0 Å². The first-order valence-corrected chi connectivity index (χ1v) is 8.36. The van der Waals surface area contributed by atoms with E-state index in [-0.39, 0.29) is 5.91 Å². The van der Waals surface area contributed by atoms with Crippen LogP contribution in [-0.4, -0.2) is 33.2 Å². The van der Waals surface area contributed by atoms with Crippen LogP contribution in [0.5, 0.6) is 5.75 Å². The number of anilines is 1. The number of nitrogens with zero attached hydrogens (tertiary/aromatic N) is 4. The molecule has 1 unspecified atom stereocenters. The maximum Gasteiger partial charge on any atom is 0.250 e. The highest BCUT2D eigenvalue weighted by molar-refractivity contribution is 9.10. The summed E-state index contributed by atoms with van der Waals surface area (Å²) in [7, 11) is 1.59. The van der Waals surface area contributed by atoms with E-state index in [4.69, 9.17) is 4.74 Å². The fourth-order valence-corrected chi connectivity index (χ4v) is 2.39. The van der Waals surface area contributed by atoms with Crippen molar-refractivity contribution < 1.29 is 9.53 Å². The number of benzene rings is 2. The molecular formula is C17H16BrN5O2. The molecule has 0 aliphatic heterocycles. The number of halogens is 1. The monoisotopic (exact) mass is 401 g/mol. The summed E-state index contributed by atoms with van der Waals surface area (Å²) in [6.07, 6.45) is 0. The van der Waals surface area contributed by atoms with E-state index >= 15 is 0 Å². The number of hydrogen-bond acceptors (Lipinski definition) is 5. The van der Waals surface area contributed by atoms with Crippen LogP contribution in [0.2, 0.25) is 0 Å². The maximum absolute atomic E-state index is 12.4. The number of carbonyl (C=O) groups is 1. The van der Waals surface area contributed by atoms with Crippen LogP contribution in [0.1, 0.15) is 13.0 Å². The highest BCUT2D eigenvalue weighted by Crippen LogP contribution is 2.19. The average molecular weight is 402 g/mol. The quantitative estimate of drug-likeness (QED) is 0.708. The lowest BCUT2D eigenvalue weighted by molar-refractivity contribution is -0.119. The molecule has 0 saturated heterocycles. The molecule has 25 heavy (non-hydrogen) atoms. The molecule has 3 aromatic rings. The molecule has 1 atom stereocenters. The number of aromatic nitrogens is 4. The van der Waals surface area contributed by atoms with Crippen molar-refractivity contribution in [1.82, 2.24) is 20.2 Å². The molecule has 0 saturated carbocycles. The first kappa shape index (κ1) is 17.1. The smallest absolute Gasteiger partial charge is 0.250 e. The van der Waals surface area contributed by atoms with Crippen LogP contribution in [-0.2, 0) is 4.79 Å². The minimum atomic E-state index is -0.598. The van der Waals surface area contributed by atoms with Gasteiger partial charge in [-0.2, -0.15) is 4.80 Å². The molecule has 1 N–H and O–H groups in total. The largest absolute Gasteiger partial charge is 0.497 e. The second-order valence-electron chi connectivity index (χ2n) is 5.33. The highest BCUT2D eigenvalue weighted by Gasteiger charge is 2.19. The highest BCUT2D eigenvalue weighted by atomic mass is 79.9. The van der Waals surface area contributed by atoms with Crippen molar-refractivity contribution in [3.8, 4) is 17.1 Å². The number of tetrazole rings is 1. The maximum atomic E-state index is 12.4. The fraction of sp³-hybridized carbons (Fsp3) is 0.176. The van der Waals surface area contributed by atoms with E-state index in [0.717, 1.165) is 15.8 Å². The molecule has 2 aromatic carbocycles. The molecule has 1 amide bonds. The summed E-state index contributed by atoms with van der Waals surface area (Å²) in [5, 5.41) is 15.1. The number of hydrogen-bond donors (Lipinski definition) is 1. The molecule has 1 aromatic heterocycles. The molecule has 0 bridgehead atoms. The van der Waals surface area contributed by atoms with Gasteiger partial charge in [-0.25, -0.2) is 0 Å². The standard InChI is InChI=1S/C17H16BrN5O2/c1-11(17(24)19-14-7-9-15(25-2)10-8-14)23-21-16(20-22-23)12-3-5-13(18)6-4-12/h3-11H,1-2H3,(H,19,24). The lowest BCUT2D eigenvalue weighted by Gasteiger charge is -2.11.